The number of morpholine rings is 1. The van der Waals surface area contributed by atoms with Crippen LogP contribution in [0.3, 0.4) is 0 Å². The highest BCUT2D eigenvalue weighted by Crippen LogP contribution is 2.25. The lowest BCUT2D eigenvalue weighted by Gasteiger charge is -2.31. The normalized spacial score (nSPS) is 18.8. The van der Waals surface area contributed by atoms with E-state index >= 15 is 0 Å². The summed E-state index contributed by atoms with van der Waals surface area (Å²) in [6.45, 7) is 11.5. The summed E-state index contributed by atoms with van der Waals surface area (Å²) < 4.78 is 11.2. The lowest BCUT2D eigenvalue weighted by Crippen LogP contribution is -2.43. The summed E-state index contributed by atoms with van der Waals surface area (Å²) in [6.07, 6.45) is 1.00. The first-order valence-corrected chi connectivity index (χ1v) is 8.54. The number of hydrogen-bond donors (Lipinski definition) is 1. The van der Waals surface area contributed by atoms with E-state index in [9.17, 15) is 4.79 Å². The SMILES string of the molecule is CC(C)c1ocnc1C(=O)N1CCO[C@H](c2nc(C(C)(C)C)n[nH]2)C1. The predicted molar refractivity (Wildman–Crippen MR) is 90.3 cm³/mol. The molecular formula is C17H25N5O3. The molecule has 3 heterocycles. The summed E-state index contributed by atoms with van der Waals surface area (Å²) in [7, 11) is 0. The first-order chi connectivity index (χ1) is 11.8. The Labute approximate surface area is 147 Å². The molecule has 0 radical (unpaired) electrons. The van der Waals surface area contributed by atoms with Gasteiger partial charge >= 0.3 is 0 Å². The van der Waals surface area contributed by atoms with Crippen molar-refractivity contribution in [1.29, 1.82) is 0 Å². The zero-order valence-electron chi connectivity index (χ0n) is 15.4. The molecule has 0 spiro atoms. The van der Waals surface area contributed by atoms with Crippen LogP contribution in [-0.4, -0.2) is 50.7 Å². The highest BCUT2D eigenvalue weighted by Gasteiger charge is 2.32. The lowest BCUT2D eigenvalue weighted by molar-refractivity contribution is -0.0269. The van der Waals surface area contributed by atoms with Crippen molar-refractivity contribution in [2.24, 2.45) is 0 Å². The highest BCUT2D eigenvalue weighted by molar-refractivity contribution is 5.93. The second-order valence-electron chi connectivity index (χ2n) is 7.62. The Bertz CT molecular complexity index is 744. The van der Waals surface area contributed by atoms with Gasteiger partial charge < -0.3 is 14.1 Å². The third kappa shape index (κ3) is 3.58. The molecule has 0 bridgehead atoms. The van der Waals surface area contributed by atoms with Gasteiger partial charge in [0.2, 0.25) is 0 Å². The lowest BCUT2D eigenvalue weighted by atomic mass is 9.96. The molecular weight excluding hydrogens is 322 g/mol. The molecule has 25 heavy (non-hydrogen) atoms. The standard InChI is InChI=1S/C17H25N5O3/c1-10(2)13-12(18-9-25-13)15(23)22-6-7-24-11(8-22)14-19-16(21-20-14)17(3,4)5/h9-11H,6-8H2,1-5H3,(H,19,20,21)/t11-/m0/s1. The molecule has 1 aliphatic rings. The van der Waals surface area contributed by atoms with E-state index in [-0.39, 0.29) is 23.3 Å². The molecule has 1 atom stereocenters. The second-order valence-corrected chi connectivity index (χ2v) is 7.62. The molecule has 2 aromatic heterocycles. The fraction of sp³-hybridized carbons (Fsp3) is 0.647. The van der Waals surface area contributed by atoms with Crippen molar-refractivity contribution in [3.63, 3.8) is 0 Å². The predicted octanol–water partition coefficient (Wildman–Crippen LogP) is 2.43. The van der Waals surface area contributed by atoms with Gasteiger partial charge in [-0.2, -0.15) is 5.10 Å². The summed E-state index contributed by atoms with van der Waals surface area (Å²) >= 11 is 0. The number of aromatic nitrogens is 4. The van der Waals surface area contributed by atoms with E-state index in [0.29, 0.717) is 37.0 Å². The minimum Gasteiger partial charge on any atom is -0.447 e. The molecule has 3 rings (SSSR count). The molecule has 1 aliphatic heterocycles. The topological polar surface area (TPSA) is 97.1 Å². The zero-order valence-corrected chi connectivity index (χ0v) is 15.4. The Morgan fingerprint density at radius 3 is 2.80 bits per heavy atom. The van der Waals surface area contributed by atoms with Gasteiger partial charge in [-0.3, -0.25) is 9.89 Å². The average molecular weight is 347 g/mol. The van der Waals surface area contributed by atoms with Crippen molar-refractivity contribution in [3.8, 4) is 0 Å². The monoisotopic (exact) mass is 347 g/mol. The van der Waals surface area contributed by atoms with E-state index < -0.39 is 0 Å². The quantitative estimate of drug-likeness (QED) is 0.916. The van der Waals surface area contributed by atoms with Crippen LogP contribution in [0.4, 0.5) is 0 Å². The van der Waals surface area contributed by atoms with Crippen LogP contribution in [0.25, 0.3) is 0 Å². The van der Waals surface area contributed by atoms with Gasteiger partial charge in [0.1, 0.15) is 11.9 Å². The largest absolute Gasteiger partial charge is 0.447 e. The van der Waals surface area contributed by atoms with Gasteiger partial charge in [0.05, 0.1) is 13.2 Å². The maximum atomic E-state index is 12.8. The molecule has 1 N–H and O–H groups in total. The van der Waals surface area contributed by atoms with E-state index in [2.05, 4.69) is 40.9 Å². The average Bonchev–Trinajstić information content (AvgIpc) is 3.23. The van der Waals surface area contributed by atoms with Crippen molar-refractivity contribution >= 4 is 5.91 Å². The number of oxazole rings is 1. The van der Waals surface area contributed by atoms with Crippen LogP contribution >= 0.6 is 0 Å². The van der Waals surface area contributed by atoms with Crippen LogP contribution in [0.5, 0.6) is 0 Å². The molecule has 0 saturated carbocycles. The van der Waals surface area contributed by atoms with Crippen molar-refractivity contribution in [2.75, 3.05) is 19.7 Å². The number of hydrogen-bond acceptors (Lipinski definition) is 6. The number of rotatable bonds is 3. The van der Waals surface area contributed by atoms with E-state index in [1.54, 1.807) is 4.90 Å². The zero-order chi connectivity index (χ0) is 18.2. The molecule has 1 fully saturated rings. The van der Waals surface area contributed by atoms with Gasteiger partial charge in [0.15, 0.2) is 23.7 Å². The van der Waals surface area contributed by atoms with E-state index in [0.717, 1.165) is 5.82 Å². The molecule has 8 nitrogen and oxygen atoms in total. The van der Waals surface area contributed by atoms with Crippen LogP contribution < -0.4 is 0 Å². The summed E-state index contributed by atoms with van der Waals surface area (Å²) in [5.74, 6) is 1.95. The first-order valence-electron chi connectivity index (χ1n) is 8.54. The summed E-state index contributed by atoms with van der Waals surface area (Å²) in [5.41, 5.74) is 0.231. The molecule has 2 aromatic rings. The van der Waals surface area contributed by atoms with Gasteiger partial charge in [-0.05, 0) is 0 Å². The first kappa shape index (κ1) is 17.6. The van der Waals surface area contributed by atoms with Gasteiger partial charge in [-0.1, -0.05) is 34.6 Å². The second kappa shape index (κ2) is 6.59. The maximum absolute atomic E-state index is 12.8. The number of aromatic amines is 1. The summed E-state index contributed by atoms with van der Waals surface area (Å²) in [4.78, 5) is 23.2. The number of ether oxygens (including phenoxy) is 1. The number of H-pyrrole nitrogens is 1. The molecule has 1 saturated heterocycles. The van der Waals surface area contributed by atoms with Crippen LogP contribution in [0.1, 0.15) is 74.5 Å². The number of nitrogens with one attached hydrogen (secondary N) is 1. The van der Waals surface area contributed by atoms with Gasteiger partial charge in [-0.15, -0.1) is 0 Å². The minimum atomic E-state index is -0.323. The van der Waals surface area contributed by atoms with E-state index in [4.69, 9.17) is 9.15 Å². The number of carbonyl (C=O) groups excluding carboxylic acids is 1. The number of nitrogens with zero attached hydrogens (tertiary/aromatic N) is 4. The van der Waals surface area contributed by atoms with Gasteiger partial charge in [-0.25, -0.2) is 9.97 Å². The van der Waals surface area contributed by atoms with Crippen LogP contribution in [0, 0.1) is 0 Å². The number of amides is 1. The van der Waals surface area contributed by atoms with E-state index in [1.165, 1.54) is 6.39 Å². The van der Waals surface area contributed by atoms with Crippen LogP contribution in [0.2, 0.25) is 0 Å². The minimum absolute atomic E-state index is 0.0990. The molecule has 0 unspecified atom stereocenters. The van der Waals surface area contributed by atoms with Crippen molar-refractivity contribution in [2.45, 2.75) is 52.1 Å². The summed E-state index contributed by atoms with van der Waals surface area (Å²) in [6, 6.07) is 0. The third-order valence-electron chi connectivity index (χ3n) is 4.15. The summed E-state index contributed by atoms with van der Waals surface area (Å²) in [5, 5.41) is 7.22. The Morgan fingerprint density at radius 1 is 1.40 bits per heavy atom. The molecule has 0 aromatic carbocycles. The molecule has 0 aliphatic carbocycles. The maximum Gasteiger partial charge on any atom is 0.276 e. The molecule has 1 amide bonds. The smallest absolute Gasteiger partial charge is 0.276 e. The van der Waals surface area contributed by atoms with Gasteiger partial charge in [0.25, 0.3) is 5.91 Å². The van der Waals surface area contributed by atoms with Crippen molar-refractivity contribution in [1.82, 2.24) is 25.1 Å². The fourth-order valence-corrected chi connectivity index (χ4v) is 2.73. The Hall–Kier alpha value is -2.22. The fourth-order valence-electron chi connectivity index (χ4n) is 2.73. The Balaban J connectivity index is 1.76. The van der Waals surface area contributed by atoms with Crippen molar-refractivity contribution in [3.05, 3.63) is 29.5 Å². The van der Waals surface area contributed by atoms with Crippen LogP contribution in [0.15, 0.2) is 10.8 Å². The van der Waals surface area contributed by atoms with E-state index in [1.807, 2.05) is 13.8 Å². The third-order valence-corrected chi connectivity index (χ3v) is 4.15. The molecule has 8 heteroatoms. The van der Waals surface area contributed by atoms with Crippen molar-refractivity contribution < 1.29 is 13.9 Å². The Morgan fingerprint density at radius 2 is 2.16 bits per heavy atom. The van der Waals surface area contributed by atoms with Crippen LogP contribution in [-0.2, 0) is 10.2 Å². The van der Waals surface area contributed by atoms with Gasteiger partial charge in [0, 0.05) is 17.9 Å². The Kier molecular flexibility index (Phi) is 4.64. The number of carbonyl (C=O) groups is 1. The highest BCUT2D eigenvalue weighted by atomic mass is 16.5. The molecule has 136 valence electrons.